The van der Waals surface area contributed by atoms with Gasteiger partial charge in [0.1, 0.15) is 0 Å². The maximum Gasteiger partial charge on any atom is 0.445 e. The van der Waals surface area contributed by atoms with Gasteiger partial charge in [0.05, 0.1) is 6.20 Å². The van der Waals surface area contributed by atoms with Crippen molar-refractivity contribution < 1.29 is 13.2 Å². The zero-order valence-electron chi connectivity index (χ0n) is 5.54. The summed E-state index contributed by atoms with van der Waals surface area (Å²) in [5, 5.41) is 2.42. The van der Waals surface area contributed by atoms with E-state index in [1.54, 1.807) is 0 Å². The van der Waals surface area contributed by atoms with Crippen molar-refractivity contribution in [1.82, 2.24) is 14.6 Å². The number of hydrogen-bond donors (Lipinski definition) is 0. The van der Waals surface area contributed by atoms with Crippen LogP contribution < -0.4 is 0 Å². The van der Waals surface area contributed by atoms with E-state index in [0.717, 1.165) is 4.52 Å². The molecule has 0 spiro atoms. The van der Waals surface area contributed by atoms with Gasteiger partial charge in [0, 0.05) is 6.20 Å². The molecular formula is C5H2F3N3S. The second-order valence-electron chi connectivity index (χ2n) is 2.06. The monoisotopic (exact) mass is 193 g/mol. The predicted octanol–water partition coefficient (Wildman–Crippen LogP) is 1.81. The molecule has 0 radical (unpaired) electrons. The van der Waals surface area contributed by atoms with Crippen molar-refractivity contribution in [2.24, 2.45) is 0 Å². The molecule has 64 valence electrons. The predicted molar refractivity (Wildman–Crippen MR) is 35.9 cm³/mol. The van der Waals surface area contributed by atoms with Gasteiger partial charge in [-0.25, -0.2) is 9.50 Å². The van der Waals surface area contributed by atoms with Gasteiger partial charge in [0.15, 0.2) is 0 Å². The molecule has 0 saturated carbocycles. The summed E-state index contributed by atoms with van der Waals surface area (Å²) in [6.45, 7) is 0. The number of alkyl halides is 3. The second kappa shape index (κ2) is 2.19. The van der Waals surface area contributed by atoms with E-state index in [1.165, 1.54) is 12.4 Å². The number of hydrogen-bond acceptors (Lipinski definition) is 3. The Hall–Kier alpha value is -1.11. The summed E-state index contributed by atoms with van der Waals surface area (Å²) in [5.74, 6) is 0. The van der Waals surface area contributed by atoms with Crippen LogP contribution >= 0.6 is 11.3 Å². The van der Waals surface area contributed by atoms with Crippen LogP contribution in [0, 0.1) is 0 Å². The molecule has 2 heterocycles. The van der Waals surface area contributed by atoms with E-state index in [-0.39, 0.29) is 4.96 Å². The maximum atomic E-state index is 12.0. The van der Waals surface area contributed by atoms with E-state index in [2.05, 4.69) is 10.1 Å². The average molecular weight is 193 g/mol. The van der Waals surface area contributed by atoms with E-state index in [4.69, 9.17) is 0 Å². The fraction of sp³-hybridized carbons (Fsp3) is 0.200. The highest BCUT2D eigenvalue weighted by molar-refractivity contribution is 7.16. The largest absolute Gasteiger partial charge is 0.445 e. The van der Waals surface area contributed by atoms with E-state index in [0.29, 0.717) is 11.3 Å². The number of imidazole rings is 1. The summed E-state index contributed by atoms with van der Waals surface area (Å²) in [4.78, 5) is 3.92. The Kier molecular flexibility index (Phi) is 1.38. The third kappa shape index (κ3) is 1.06. The Morgan fingerprint density at radius 1 is 1.42 bits per heavy atom. The van der Waals surface area contributed by atoms with Crippen LogP contribution in [0.25, 0.3) is 4.96 Å². The molecule has 0 N–H and O–H groups in total. The maximum absolute atomic E-state index is 12.0. The van der Waals surface area contributed by atoms with Gasteiger partial charge in [0.25, 0.3) is 0 Å². The summed E-state index contributed by atoms with van der Waals surface area (Å²) in [6.07, 6.45) is -1.59. The highest BCUT2D eigenvalue weighted by Crippen LogP contribution is 2.31. The molecule has 0 saturated heterocycles. The van der Waals surface area contributed by atoms with Crippen LogP contribution in [0.1, 0.15) is 5.01 Å². The lowest BCUT2D eigenvalue weighted by Gasteiger charge is -1.97. The molecule has 12 heavy (non-hydrogen) atoms. The molecule has 0 aliphatic heterocycles. The summed E-state index contributed by atoms with van der Waals surface area (Å²) in [7, 11) is 0. The first kappa shape index (κ1) is 7.53. The Morgan fingerprint density at radius 3 is 2.75 bits per heavy atom. The first-order valence-electron chi connectivity index (χ1n) is 2.95. The molecule has 2 aromatic heterocycles. The first-order valence-corrected chi connectivity index (χ1v) is 3.76. The van der Waals surface area contributed by atoms with Gasteiger partial charge in [-0.2, -0.15) is 18.3 Å². The molecule has 0 fully saturated rings. The summed E-state index contributed by atoms with van der Waals surface area (Å²) < 4.78 is 37.1. The fourth-order valence-corrected chi connectivity index (χ4v) is 1.48. The van der Waals surface area contributed by atoms with Gasteiger partial charge >= 0.3 is 6.18 Å². The zero-order chi connectivity index (χ0) is 8.77. The second-order valence-corrected chi connectivity index (χ2v) is 3.02. The minimum atomic E-state index is -4.37. The van der Waals surface area contributed by atoms with Crippen molar-refractivity contribution in [1.29, 1.82) is 0 Å². The van der Waals surface area contributed by atoms with Crippen molar-refractivity contribution in [3.05, 3.63) is 17.4 Å². The van der Waals surface area contributed by atoms with Crippen LogP contribution in [0.15, 0.2) is 12.4 Å². The zero-order valence-corrected chi connectivity index (χ0v) is 6.35. The lowest BCUT2D eigenvalue weighted by molar-refractivity contribution is -0.138. The number of fused-ring (bicyclic) bond motifs is 1. The van der Waals surface area contributed by atoms with Crippen molar-refractivity contribution in [2.45, 2.75) is 6.18 Å². The summed E-state index contributed by atoms with van der Waals surface area (Å²) in [5.41, 5.74) is 0. The molecule has 3 nitrogen and oxygen atoms in total. The van der Waals surface area contributed by atoms with Gasteiger partial charge < -0.3 is 0 Å². The van der Waals surface area contributed by atoms with Gasteiger partial charge in [-0.05, 0) is 0 Å². The lowest BCUT2D eigenvalue weighted by atomic mass is 10.7. The van der Waals surface area contributed by atoms with Crippen molar-refractivity contribution in [3.8, 4) is 0 Å². The molecule has 2 rings (SSSR count). The van der Waals surface area contributed by atoms with E-state index in [1.807, 2.05) is 0 Å². The Balaban J connectivity index is 2.59. The van der Waals surface area contributed by atoms with Crippen LogP contribution in [0.4, 0.5) is 13.2 Å². The van der Waals surface area contributed by atoms with Crippen LogP contribution in [0.2, 0.25) is 0 Å². The SMILES string of the molecule is FC(F)(F)c1nn2ccnc2s1. The van der Waals surface area contributed by atoms with Crippen LogP contribution in [-0.2, 0) is 6.18 Å². The number of nitrogens with zero attached hydrogens (tertiary/aromatic N) is 3. The average Bonchev–Trinajstić information content (AvgIpc) is 2.37. The molecule has 0 unspecified atom stereocenters. The molecule has 2 aromatic rings. The quantitative estimate of drug-likeness (QED) is 0.638. The Labute approximate surface area is 68.5 Å². The smallest absolute Gasteiger partial charge is 0.226 e. The summed E-state index contributed by atoms with van der Waals surface area (Å²) in [6, 6.07) is 0. The molecule has 0 atom stereocenters. The van der Waals surface area contributed by atoms with Crippen molar-refractivity contribution >= 4 is 16.3 Å². The van der Waals surface area contributed by atoms with Gasteiger partial charge in [-0.3, -0.25) is 0 Å². The minimum Gasteiger partial charge on any atom is -0.226 e. The Morgan fingerprint density at radius 2 is 2.17 bits per heavy atom. The molecule has 0 aliphatic carbocycles. The van der Waals surface area contributed by atoms with Crippen molar-refractivity contribution in [2.75, 3.05) is 0 Å². The van der Waals surface area contributed by atoms with Crippen LogP contribution in [0.5, 0.6) is 0 Å². The lowest BCUT2D eigenvalue weighted by Crippen LogP contribution is -2.04. The van der Waals surface area contributed by atoms with E-state index < -0.39 is 11.2 Å². The molecular weight excluding hydrogens is 191 g/mol. The standard InChI is InChI=1S/C5H2F3N3S/c6-5(7,8)3-10-11-2-1-9-4(11)12-3/h1-2H. The first-order chi connectivity index (χ1) is 5.57. The number of aromatic nitrogens is 3. The molecule has 0 bridgehead atoms. The van der Waals surface area contributed by atoms with Gasteiger partial charge in [0.2, 0.25) is 9.97 Å². The summed E-state index contributed by atoms with van der Waals surface area (Å²) >= 11 is 0.527. The number of halogens is 3. The normalized spacial score (nSPS) is 12.6. The van der Waals surface area contributed by atoms with Gasteiger partial charge in [-0.1, -0.05) is 11.3 Å². The highest BCUT2D eigenvalue weighted by Gasteiger charge is 2.35. The third-order valence-corrected chi connectivity index (χ3v) is 2.20. The van der Waals surface area contributed by atoms with E-state index in [9.17, 15) is 13.2 Å². The minimum absolute atomic E-state index is 0.252. The van der Waals surface area contributed by atoms with E-state index >= 15 is 0 Å². The van der Waals surface area contributed by atoms with Crippen molar-refractivity contribution in [3.63, 3.8) is 0 Å². The highest BCUT2D eigenvalue weighted by atomic mass is 32.1. The topological polar surface area (TPSA) is 30.2 Å². The number of rotatable bonds is 0. The molecule has 7 heteroatoms. The Bertz CT molecular complexity index is 373. The molecule has 0 aromatic carbocycles. The van der Waals surface area contributed by atoms with Crippen LogP contribution in [0.3, 0.4) is 0 Å². The van der Waals surface area contributed by atoms with Crippen LogP contribution in [-0.4, -0.2) is 14.6 Å². The molecule has 0 amide bonds. The molecule has 0 aliphatic rings. The fourth-order valence-electron chi connectivity index (χ4n) is 0.752. The van der Waals surface area contributed by atoms with Gasteiger partial charge in [-0.15, -0.1) is 0 Å². The third-order valence-electron chi connectivity index (χ3n) is 1.22.